The standard InChI is InChI=1S/C30H39F3N3O7P/c1-19(2)41-28(38)21(4)35-44(40-18-26-17-20(3)27(42-26)36(15-6-16-37)29(39)34-5)43-25-13-9-23(10-14-25)22-7-11-24(12-8-22)30(31,32)33/h6-11,13-16,19-21,24,26-27,35H,12,17-18H2,1-5H3,(H,34,39)/b15-6-/t20?,21-,24?,26?,27?,44?/m0/s1. The summed E-state index contributed by atoms with van der Waals surface area (Å²) in [5, 5.41) is 5.56. The molecule has 0 spiro atoms. The highest BCUT2D eigenvalue weighted by Crippen LogP contribution is 2.40. The number of benzene rings is 1. The smallest absolute Gasteiger partial charge is 0.395 e. The number of allylic oxidation sites excluding steroid dienone is 5. The quantitative estimate of drug-likeness (QED) is 0.119. The fourth-order valence-corrected chi connectivity index (χ4v) is 5.77. The Morgan fingerprint density at radius 1 is 1.20 bits per heavy atom. The molecule has 2 N–H and O–H groups in total. The van der Waals surface area contributed by atoms with Gasteiger partial charge in [-0.15, -0.1) is 0 Å². The highest BCUT2D eigenvalue weighted by Gasteiger charge is 2.39. The number of rotatable bonds is 13. The van der Waals surface area contributed by atoms with Crippen LogP contribution in [0.5, 0.6) is 5.75 Å². The maximum Gasteiger partial charge on any atom is 0.395 e. The van der Waals surface area contributed by atoms with Crippen molar-refractivity contribution in [2.45, 2.75) is 71.2 Å². The van der Waals surface area contributed by atoms with Crippen LogP contribution in [0.4, 0.5) is 18.0 Å². The van der Waals surface area contributed by atoms with Gasteiger partial charge in [0.1, 0.15) is 24.3 Å². The number of amides is 2. The number of alkyl halides is 3. The van der Waals surface area contributed by atoms with Gasteiger partial charge in [-0.1, -0.05) is 37.3 Å². The first-order chi connectivity index (χ1) is 20.8. The van der Waals surface area contributed by atoms with Crippen LogP contribution in [0, 0.1) is 11.8 Å². The van der Waals surface area contributed by atoms with Gasteiger partial charge in [0.2, 0.25) is 0 Å². The molecule has 1 aliphatic heterocycles. The predicted octanol–water partition coefficient (Wildman–Crippen LogP) is 5.87. The third-order valence-corrected chi connectivity index (χ3v) is 8.14. The number of carbonyl (C=O) groups excluding carboxylic acids is 3. The van der Waals surface area contributed by atoms with Crippen molar-refractivity contribution in [2.75, 3.05) is 13.7 Å². The summed E-state index contributed by atoms with van der Waals surface area (Å²) in [6, 6.07) is 5.60. The minimum absolute atomic E-state index is 0.0700. The summed E-state index contributed by atoms with van der Waals surface area (Å²) in [7, 11) is -0.423. The number of hydrogen-bond acceptors (Lipinski definition) is 8. The van der Waals surface area contributed by atoms with E-state index in [1.54, 1.807) is 51.1 Å². The molecule has 0 saturated carbocycles. The van der Waals surface area contributed by atoms with E-state index in [0.717, 1.165) is 11.6 Å². The average molecular weight is 642 g/mol. The van der Waals surface area contributed by atoms with E-state index < -0.39 is 51.0 Å². The second-order valence-corrected chi connectivity index (χ2v) is 11.9. The first-order valence-electron chi connectivity index (χ1n) is 14.2. The number of esters is 1. The molecule has 1 heterocycles. The summed E-state index contributed by atoms with van der Waals surface area (Å²) < 4.78 is 62.5. The predicted molar refractivity (Wildman–Crippen MR) is 159 cm³/mol. The zero-order valence-electron chi connectivity index (χ0n) is 25.2. The summed E-state index contributed by atoms with van der Waals surface area (Å²) in [5.41, 5.74) is 1.40. The summed E-state index contributed by atoms with van der Waals surface area (Å²) in [6.45, 7) is 7.09. The summed E-state index contributed by atoms with van der Waals surface area (Å²) >= 11 is 0. The second-order valence-electron chi connectivity index (χ2n) is 10.7. The Labute approximate surface area is 256 Å². The SMILES string of the molecule is CNC(=O)N(/C=C\C=O)C1OC(COP(N[C@@H](C)C(=O)OC(C)C)Oc2ccc(C3=CCC(C(F)(F)F)C=C3)cc2)CC1C. The first-order valence-corrected chi connectivity index (χ1v) is 15.4. The number of urea groups is 1. The molecule has 44 heavy (non-hydrogen) atoms. The van der Waals surface area contributed by atoms with Gasteiger partial charge < -0.3 is 23.8 Å². The molecule has 0 aromatic heterocycles. The Bertz CT molecular complexity index is 1220. The molecule has 1 saturated heterocycles. The molecule has 2 aliphatic rings. The van der Waals surface area contributed by atoms with Gasteiger partial charge in [0.15, 0.2) is 0 Å². The van der Waals surface area contributed by atoms with Crippen molar-refractivity contribution < 1.29 is 46.1 Å². The van der Waals surface area contributed by atoms with E-state index in [9.17, 15) is 27.6 Å². The van der Waals surface area contributed by atoms with Crippen molar-refractivity contribution in [3.05, 3.63) is 60.3 Å². The Morgan fingerprint density at radius 2 is 1.91 bits per heavy atom. The number of carbonyl (C=O) groups is 3. The van der Waals surface area contributed by atoms with Gasteiger partial charge >= 0.3 is 26.7 Å². The molecule has 0 radical (unpaired) electrons. The normalized spacial score (nSPS) is 23.2. The fourth-order valence-electron chi connectivity index (χ4n) is 4.56. The molecular weight excluding hydrogens is 602 g/mol. The van der Waals surface area contributed by atoms with E-state index in [1.165, 1.54) is 30.3 Å². The number of halogens is 3. The van der Waals surface area contributed by atoms with Gasteiger partial charge in [-0.2, -0.15) is 13.2 Å². The lowest BCUT2D eigenvalue weighted by Crippen LogP contribution is -2.44. The lowest BCUT2D eigenvalue weighted by Gasteiger charge is -2.28. The van der Waals surface area contributed by atoms with Crippen molar-refractivity contribution in [3.63, 3.8) is 0 Å². The van der Waals surface area contributed by atoms with Gasteiger partial charge in [0.25, 0.3) is 0 Å². The van der Waals surface area contributed by atoms with Gasteiger partial charge in [-0.25, -0.2) is 9.88 Å². The van der Waals surface area contributed by atoms with Gasteiger partial charge in [0.05, 0.1) is 24.7 Å². The Kier molecular flexibility index (Phi) is 12.9. The maximum absolute atomic E-state index is 13.0. The van der Waals surface area contributed by atoms with Crippen molar-refractivity contribution in [3.8, 4) is 5.75 Å². The van der Waals surface area contributed by atoms with Gasteiger partial charge in [-0.3, -0.25) is 14.5 Å². The second kappa shape index (κ2) is 16.2. The van der Waals surface area contributed by atoms with E-state index in [2.05, 4.69) is 10.4 Å². The summed E-state index contributed by atoms with van der Waals surface area (Å²) in [6.07, 6.45) is 2.08. The molecule has 0 bridgehead atoms. The zero-order valence-corrected chi connectivity index (χ0v) is 26.1. The minimum Gasteiger partial charge on any atom is -0.462 e. The molecule has 1 fully saturated rings. The van der Waals surface area contributed by atoms with Crippen LogP contribution in [0.15, 0.2) is 54.8 Å². The van der Waals surface area contributed by atoms with Crippen molar-refractivity contribution in [1.29, 1.82) is 0 Å². The van der Waals surface area contributed by atoms with Crippen LogP contribution in [-0.2, 0) is 23.6 Å². The highest BCUT2D eigenvalue weighted by atomic mass is 31.2. The van der Waals surface area contributed by atoms with E-state index in [0.29, 0.717) is 24.0 Å². The third kappa shape index (κ3) is 10.2. The molecule has 3 rings (SSSR count). The van der Waals surface area contributed by atoms with E-state index in [4.69, 9.17) is 18.5 Å². The molecule has 2 amide bonds. The van der Waals surface area contributed by atoms with Crippen LogP contribution in [0.25, 0.3) is 5.57 Å². The zero-order chi connectivity index (χ0) is 32.4. The fraction of sp³-hybridized carbons (Fsp3) is 0.500. The van der Waals surface area contributed by atoms with Crippen molar-refractivity contribution in [1.82, 2.24) is 15.3 Å². The summed E-state index contributed by atoms with van der Waals surface area (Å²) in [5.74, 6) is -1.66. The molecule has 1 aromatic rings. The Morgan fingerprint density at radius 3 is 2.48 bits per heavy atom. The third-order valence-electron chi connectivity index (χ3n) is 6.78. The lowest BCUT2D eigenvalue weighted by molar-refractivity contribution is -0.160. The maximum atomic E-state index is 13.0. The minimum atomic E-state index is -4.28. The van der Waals surface area contributed by atoms with Crippen LogP contribution in [0.2, 0.25) is 0 Å². The molecule has 242 valence electrons. The molecule has 1 aliphatic carbocycles. The highest BCUT2D eigenvalue weighted by molar-refractivity contribution is 7.45. The van der Waals surface area contributed by atoms with Gasteiger partial charge in [-0.05, 0) is 63.0 Å². The monoisotopic (exact) mass is 641 g/mol. The lowest BCUT2D eigenvalue weighted by atomic mass is 9.93. The van der Waals surface area contributed by atoms with E-state index >= 15 is 0 Å². The summed E-state index contributed by atoms with van der Waals surface area (Å²) in [4.78, 5) is 37.0. The van der Waals surface area contributed by atoms with Crippen LogP contribution in [-0.4, -0.2) is 67.5 Å². The number of aldehydes is 1. The van der Waals surface area contributed by atoms with Crippen molar-refractivity contribution in [2.24, 2.45) is 11.8 Å². The van der Waals surface area contributed by atoms with Crippen LogP contribution < -0.4 is 14.9 Å². The Hall–Kier alpha value is -3.25. The van der Waals surface area contributed by atoms with Crippen LogP contribution in [0.3, 0.4) is 0 Å². The van der Waals surface area contributed by atoms with Crippen molar-refractivity contribution >= 4 is 32.4 Å². The number of nitrogens with one attached hydrogen (secondary N) is 2. The average Bonchev–Trinajstić information content (AvgIpc) is 3.35. The van der Waals surface area contributed by atoms with Gasteiger partial charge in [0, 0.05) is 19.2 Å². The van der Waals surface area contributed by atoms with E-state index in [-0.39, 0.29) is 25.0 Å². The number of hydrogen-bond donors (Lipinski definition) is 2. The van der Waals surface area contributed by atoms with Crippen LogP contribution in [0.1, 0.15) is 46.1 Å². The molecule has 6 atom stereocenters. The van der Waals surface area contributed by atoms with Crippen LogP contribution >= 0.6 is 8.53 Å². The molecular formula is C30H39F3N3O7P. The Balaban J connectivity index is 1.69. The number of ether oxygens (including phenoxy) is 2. The largest absolute Gasteiger partial charge is 0.462 e. The van der Waals surface area contributed by atoms with E-state index in [1.807, 2.05) is 6.92 Å². The molecule has 1 aromatic carbocycles. The molecule has 10 nitrogen and oxygen atoms in total. The molecule has 14 heteroatoms. The molecule has 5 unspecified atom stereocenters. The topological polar surface area (TPSA) is 115 Å². The number of nitrogens with zero attached hydrogens (tertiary/aromatic N) is 1. The first kappa shape index (κ1) is 35.2.